The predicted octanol–water partition coefficient (Wildman–Crippen LogP) is 2.92. The second-order valence-electron chi connectivity index (χ2n) is 8.88. The Morgan fingerprint density at radius 1 is 1.03 bits per heavy atom. The van der Waals surface area contributed by atoms with E-state index in [0.717, 1.165) is 35.3 Å². The highest BCUT2D eigenvalue weighted by Gasteiger charge is 2.24. The van der Waals surface area contributed by atoms with Crippen molar-refractivity contribution in [3.8, 4) is 5.69 Å². The van der Waals surface area contributed by atoms with Gasteiger partial charge in [0.15, 0.2) is 5.16 Å². The number of hydrogen-bond donors (Lipinski definition) is 2. The summed E-state index contributed by atoms with van der Waals surface area (Å²) in [4.78, 5) is 43.5. The number of hydrogen-bond acceptors (Lipinski definition) is 6. The molecule has 0 fully saturated rings. The van der Waals surface area contributed by atoms with Crippen molar-refractivity contribution in [1.82, 2.24) is 24.7 Å². The lowest BCUT2D eigenvalue weighted by Gasteiger charge is -2.29. The minimum absolute atomic E-state index is 0.0168. The Hall–Kier alpha value is -3.92. The summed E-state index contributed by atoms with van der Waals surface area (Å²) in [6.07, 6.45) is 2.11. The summed E-state index contributed by atoms with van der Waals surface area (Å²) >= 11 is 1.33. The SMILES string of the molecule is Cc1ccc(C)c(-n2c(Cc3cc(=O)[nH]c(=O)[nH]3)nnc2SCC(=O)N2CCCc3ccccc32)c1. The Labute approximate surface area is 211 Å². The molecule has 2 N–H and O–H groups in total. The van der Waals surface area contributed by atoms with E-state index in [1.54, 1.807) is 0 Å². The number of carbonyl (C=O) groups excluding carboxylic acids is 1. The minimum Gasteiger partial charge on any atom is -0.311 e. The molecule has 9 nitrogen and oxygen atoms in total. The predicted molar refractivity (Wildman–Crippen MR) is 139 cm³/mol. The van der Waals surface area contributed by atoms with Crippen LogP contribution < -0.4 is 16.1 Å². The fourth-order valence-corrected chi connectivity index (χ4v) is 5.33. The summed E-state index contributed by atoms with van der Waals surface area (Å²) in [5, 5.41) is 9.34. The summed E-state index contributed by atoms with van der Waals surface area (Å²) in [6, 6.07) is 15.5. The van der Waals surface area contributed by atoms with E-state index in [-0.39, 0.29) is 18.1 Å². The Bertz CT molecular complexity index is 1530. The van der Waals surface area contributed by atoms with Crippen molar-refractivity contribution in [1.29, 1.82) is 0 Å². The molecule has 0 atom stereocenters. The van der Waals surface area contributed by atoms with Gasteiger partial charge in [-0.15, -0.1) is 10.2 Å². The van der Waals surface area contributed by atoms with Gasteiger partial charge in [0.1, 0.15) is 5.82 Å². The van der Waals surface area contributed by atoms with Crippen molar-refractivity contribution < 1.29 is 4.79 Å². The smallest absolute Gasteiger partial charge is 0.311 e. The van der Waals surface area contributed by atoms with Gasteiger partial charge in [0.2, 0.25) is 5.91 Å². The number of H-pyrrole nitrogens is 2. The normalized spacial score (nSPS) is 13.0. The third-order valence-corrected chi connectivity index (χ3v) is 7.12. The maximum absolute atomic E-state index is 13.2. The molecule has 2 aromatic heterocycles. The Kier molecular flexibility index (Phi) is 6.60. The molecule has 4 aromatic rings. The molecule has 36 heavy (non-hydrogen) atoms. The zero-order chi connectivity index (χ0) is 25.2. The third-order valence-electron chi connectivity index (χ3n) is 6.21. The number of carbonyl (C=O) groups is 1. The van der Waals surface area contributed by atoms with E-state index >= 15 is 0 Å². The first-order valence-electron chi connectivity index (χ1n) is 11.7. The Balaban J connectivity index is 1.47. The Morgan fingerprint density at radius 3 is 2.69 bits per heavy atom. The van der Waals surface area contributed by atoms with E-state index in [0.29, 0.717) is 23.2 Å². The van der Waals surface area contributed by atoms with Gasteiger partial charge >= 0.3 is 5.69 Å². The first-order valence-corrected chi connectivity index (χ1v) is 12.7. The van der Waals surface area contributed by atoms with Gasteiger partial charge in [-0.05, 0) is 55.5 Å². The van der Waals surface area contributed by atoms with E-state index in [2.05, 4.69) is 26.2 Å². The van der Waals surface area contributed by atoms with Crippen molar-refractivity contribution in [3.63, 3.8) is 0 Å². The first kappa shape index (κ1) is 23.8. The van der Waals surface area contributed by atoms with Crippen molar-refractivity contribution in [2.45, 2.75) is 38.3 Å². The summed E-state index contributed by atoms with van der Waals surface area (Å²) in [6.45, 7) is 4.70. The highest BCUT2D eigenvalue weighted by atomic mass is 32.2. The van der Waals surface area contributed by atoms with Crippen LogP contribution in [0.2, 0.25) is 0 Å². The molecule has 1 aliphatic rings. The summed E-state index contributed by atoms with van der Waals surface area (Å²) in [5.74, 6) is 0.783. The third kappa shape index (κ3) is 4.90. The van der Waals surface area contributed by atoms with Gasteiger partial charge in [0, 0.05) is 30.4 Å². The summed E-state index contributed by atoms with van der Waals surface area (Å²) in [7, 11) is 0. The number of nitrogens with one attached hydrogen (secondary N) is 2. The molecular weight excluding hydrogens is 476 g/mol. The topological polar surface area (TPSA) is 117 Å². The average molecular weight is 503 g/mol. The molecule has 1 amide bonds. The number of aryl methyl sites for hydroxylation is 3. The van der Waals surface area contributed by atoms with Crippen LogP contribution in [0.4, 0.5) is 5.69 Å². The van der Waals surface area contributed by atoms with Crippen LogP contribution >= 0.6 is 11.8 Å². The molecule has 0 radical (unpaired) electrons. The standard InChI is InChI=1S/C26H26N6O3S/c1-16-9-10-17(2)21(12-16)32-22(13-19-14-23(33)28-25(35)27-19)29-30-26(32)36-15-24(34)31-11-5-7-18-6-3-4-8-20(18)31/h3-4,6,8-10,12,14H,5,7,11,13,15H2,1-2H3,(H2,27,28,33,35). The summed E-state index contributed by atoms with van der Waals surface area (Å²) < 4.78 is 1.91. The van der Waals surface area contributed by atoms with Gasteiger partial charge in [-0.25, -0.2) is 4.79 Å². The number of aromatic nitrogens is 5. The number of anilines is 1. The molecule has 5 rings (SSSR count). The molecule has 3 heterocycles. The van der Waals surface area contributed by atoms with Gasteiger partial charge < -0.3 is 9.88 Å². The summed E-state index contributed by atoms with van der Waals surface area (Å²) in [5.41, 5.74) is 4.52. The number of nitrogens with zero attached hydrogens (tertiary/aromatic N) is 4. The molecule has 0 spiro atoms. The number of aromatic amines is 2. The fraction of sp³-hybridized carbons (Fsp3) is 0.269. The van der Waals surface area contributed by atoms with Crippen LogP contribution in [0.15, 0.2) is 63.3 Å². The van der Waals surface area contributed by atoms with E-state index in [1.165, 1.54) is 23.4 Å². The van der Waals surface area contributed by atoms with Gasteiger partial charge in [-0.3, -0.25) is 19.1 Å². The lowest BCUT2D eigenvalue weighted by atomic mass is 10.0. The second kappa shape index (κ2) is 9.98. The number of amides is 1. The lowest BCUT2D eigenvalue weighted by molar-refractivity contribution is -0.116. The van der Waals surface area contributed by atoms with Crippen molar-refractivity contribution in [2.24, 2.45) is 0 Å². The molecular formula is C26H26N6O3S. The van der Waals surface area contributed by atoms with Crippen LogP contribution in [0.1, 0.15) is 34.6 Å². The zero-order valence-corrected chi connectivity index (χ0v) is 20.9. The minimum atomic E-state index is -0.572. The molecule has 0 bridgehead atoms. The molecule has 10 heteroatoms. The fourth-order valence-electron chi connectivity index (χ4n) is 4.49. The van der Waals surface area contributed by atoms with Crippen molar-refractivity contribution in [3.05, 3.63) is 97.6 Å². The molecule has 1 aliphatic heterocycles. The van der Waals surface area contributed by atoms with Crippen LogP contribution in [-0.2, 0) is 17.6 Å². The number of thioether (sulfide) groups is 1. The number of fused-ring (bicyclic) bond motifs is 1. The first-order chi connectivity index (χ1) is 17.4. The van der Waals surface area contributed by atoms with Gasteiger partial charge in [-0.2, -0.15) is 0 Å². The maximum atomic E-state index is 13.2. The number of rotatable bonds is 6. The molecule has 0 saturated heterocycles. The zero-order valence-electron chi connectivity index (χ0n) is 20.1. The quantitative estimate of drug-likeness (QED) is 0.392. The van der Waals surface area contributed by atoms with Crippen LogP contribution in [-0.4, -0.2) is 42.9 Å². The van der Waals surface area contributed by atoms with Crippen molar-refractivity contribution >= 4 is 23.4 Å². The largest absolute Gasteiger partial charge is 0.325 e. The average Bonchev–Trinajstić information content (AvgIpc) is 3.25. The van der Waals surface area contributed by atoms with Crippen LogP contribution in [0, 0.1) is 13.8 Å². The van der Waals surface area contributed by atoms with E-state index in [9.17, 15) is 14.4 Å². The maximum Gasteiger partial charge on any atom is 0.325 e. The highest BCUT2D eigenvalue weighted by Crippen LogP contribution is 2.30. The Morgan fingerprint density at radius 2 is 1.86 bits per heavy atom. The monoisotopic (exact) mass is 502 g/mol. The lowest BCUT2D eigenvalue weighted by Crippen LogP contribution is -2.36. The van der Waals surface area contributed by atoms with E-state index in [4.69, 9.17) is 0 Å². The second-order valence-corrected chi connectivity index (χ2v) is 9.82. The molecule has 0 aliphatic carbocycles. The van der Waals surface area contributed by atoms with Crippen LogP contribution in [0.25, 0.3) is 5.69 Å². The number of benzene rings is 2. The molecule has 0 unspecified atom stereocenters. The van der Waals surface area contributed by atoms with E-state index in [1.807, 2.05) is 59.7 Å². The van der Waals surface area contributed by atoms with Gasteiger partial charge in [0.25, 0.3) is 5.56 Å². The molecule has 2 aromatic carbocycles. The highest BCUT2D eigenvalue weighted by molar-refractivity contribution is 7.99. The molecule has 0 saturated carbocycles. The van der Waals surface area contributed by atoms with Gasteiger partial charge in [-0.1, -0.05) is 42.1 Å². The van der Waals surface area contributed by atoms with Crippen LogP contribution in [0.3, 0.4) is 0 Å². The van der Waals surface area contributed by atoms with Gasteiger partial charge in [0.05, 0.1) is 11.4 Å². The van der Waals surface area contributed by atoms with Crippen molar-refractivity contribution in [2.75, 3.05) is 17.2 Å². The number of para-hydroxylation sites is 1. The van der Waals surface area contributed by atoms with Crippen LogP contribution in [0.5, 0.6) is 0 Å². The molecule has 184 valence electrons. The van der Waals surface area contributed by atoms with E-state index < -0.39 is 11.2 Å².